The lowest BCUT2D eigenvalue weighted by molar-refractivity contribution is -0.381. The summed E-state index contributed by atoms with van der Waals surface area (Å²) in [5, 5.41) is 18.9. The Morgan fingerprint density at radius 1 is 1.79 bits per heavy atom. The molecule has 1 aromatic rings. The molecule has 0 bridgehead atoms. The second-order valence-corrected chi connectivity index (χ2v) is 3.31. The molecular weight excluding hydrogens is 210 g/mol. The molecule has 1 aromatic heterocycles. The molecule has 0 unspecified atom stereocenters. The molecule has 0 saturated carbocycles. The number of nitro groups is 1. The molecule has 0 radical (unpaired) electrons. The van der Waals surface area contributed by atoms with Crippen molar-refractivity contribution in [3.8, 4) is 5.75 Å². The van der Waals surface area contributed by atoms with Gasteiger partial charge in [0, 0.05) is 6.07 Å². The predicted octanol–water partition coefficient (Wildman–Crippen LogP) is 1.54. The molecule has 1 rings (SSSR count). The van der Waals surface area contributed by atoms with Crippen molar-refractivity contribution >= 4 is 22.3 Å². The lowest BCUT2D eigenvalue weighted by Crippen LogP contribution is -2.01. The van der Waals surface area contributed by atoms with E-state index in [9.17, 15) is 14.9 Å². The summed E-state index contributed by atoms with van der Waals surface area (Å²) >= 11 is 0.592. The Morgan fingerprint density at radius 2 is 2.43 bits per heavy atom. The molecule has 6 nitrogen and oxygen atoms in total. The van der Waals surface area contributed by atoms with Gasteiger partial charge >= 0.3 is 11.0 Å². The fourth-order valence-corrected chi connectivity index (χ4v) is 1.56. The molecule has 0 atom stereocenters. The number of ether oxygens (including phenoxy) is 1. The molecule has 0 aromatic carbocycles. The van der Waals surface area contributed by atoms with Gasteiger partial charge in [-0.05, 0) is 6.92 Å². The average molecular weight is 217 g/mol. The van der Waals surface area contributed by atoms with E-state index in [1.807, 2.05) is 0 Å². The van der Waals surface area contributed by atoms with Crippen LogP contribution in [0.2, 0.25) is 0 Å². The van der Waals surface area contributed by atoms with Gasteiger partial charge in [0.05, 0.1) is 11.5 Å². The first kappa shape index (κ1) is 10.5. The molecule has 1 heterocycles. The highest BCUT2D eigenvalue weighted by Crippen LogP contribution is 2.35. The molecule has 76 valence electrons. The topological polar surface area (TPSA) is 89.7 Å². The van der Waals surface area contributed by atoms with Crippen LogP contribution in [0.3, 0.4) is 0 Å². The normalized spacial score (nSPS) is 9.79. The van der Waals surface area contributed by atoms with E-state index in [1.54, 1.807) is 6.92 Å². The van der Waals surface area contributed by atoms with Crippen molar-refractivity contribution in [1.29, 1.82) is 0 Å². The highest BCUT2D eigenvalue weighted by Gasteiger charge is 2.22. The number of rotatable bonds is 3. The third-order valence-corrected chi connectivity index (χ3v) is 2.39. The number of hydrogen-bond acceptors (Lipinski definition) is 6. The van der Waals surface area contributed by atoms with Crippen LogP contribution in [0.4, 0.5) is 5.00 Å². The van der Waals surface area contributed by atoms with Gasteiger partial charge in [-0.2, -0.15) is 0 Å². The lowest BCUT2D eigenvalue weighted by atomic mass is 10.4. The Bertz CT molecular complexity index is 372. The first-order valence-corrected chi connectivity index (χ1v) is 4.52. The van der Waals surface area contributed by atoms with Crippen LogP contribution in [0.5, 0.6) is 5.75 Å². The van der Waals surface area contributed by atoms with Gasteiger partial charge in [0.1, 0.15) is 4.88 Å². The van der Waals surface area contributed by atoms with Crippen LogP contribution >= 0.6 is 11.3 Å². The molecule has 0 spiro atoms. The van der Waals surface area contributed by atoms with Crippen molar-refractivity contribution in [1.82, 2.24) is 0 Å². The van der Waals surface area contributed by atoms with Gasteiger partial charge in [0.15, 0.2) is 0 Å². The first-order valence-electron chi connectivity index (χ1n) is 3.70. The average Bonchev–Trinajstić information content (AvgIpc) is 2.48. The van der Waals surface area contributed by atoms with Crippen LogP contribution in [-0.2, 0) is 4.74 Å². The minimum Gasteiger partial charge on any atom is -0.501 e. The molecule has 0 saturated heterocycles. The summed E-state index contributed by atoms with van der Waals surface area (Å²) in [5.41, 5.74) is 0. The largest absolute Gasteiger partial charge is 0.501 e. The summed E-state index contributed by atoms with van der Waals surface area (Å²) in [6, 6.07) is 1.03. The number of carbonyl (C=O) groups is 1. The van der Waals surface area contributed by atoms with E-state index in [2.05, 4.69) is 4.74 Å². The van der Waals surface area contributed by atoms with E-state index >= 15 is 0 Å². The monoisotopic (exact) mass is 217 g/mol. The van der Waals surface area contributed by atoms with Crippen molar-refractivity contribution in [2.24, 2.45) is 0 Å². The summed E-state index contributed by atoms with van der Waals surface area (Å²) in [6.45, 7) is 1.81. The van der Waals surface area contributed by atoms with E-state index in [0.717, 1.165) is 6.07 Å². The van der Waals surface area contributed by atoms with Crippen molar-refractivity contribution in [3.63, 3.8) is 0 Å². The fourth-order valence-electron chi connectivity index (χ4n) is 0.805. The first-order chi connectivity index (χ1) is 6.56. The third kappa shape index (κ3) is 1.99. The van der Waals surface area contributed by atoms with Gasteiger partial charge in [0.25, 0.3) is 0 Å². The molecule has 0 amide bonds. The van der Waals surface area contributed by atoms with Crippen LogP contribution in [0.25, 0.3) is 0 Å². The molecule has 0 fully saturated rings. The molecule has 0 aliphatic carbocycles. The Kier molecular flexibility index (Phi) is 3.03. The van der Waals surface area contributed by atoms with E-state index in [-0.39, 0.29) is 11.5 Å². The number of nitrogens with zero attached hydrogens (tertiary/aromatic N) is 1. The van der Waals surface area contributed by atoms with E-state index in [0.29, 0.717) is 11.3 Å². The van der Waals surface area contributed by atoms with Crippen LogP contribution in [-0.4, -0.2) is 22.6 Å². The highest BCUT2D eigenvalue weighted by molar-refractivity contribution is 7.17. The Labute approximate surface area is 82.9 Å². The third-order valence-electron chi connectivity index (χ3n) is 1.34. The summed E-state index contributed by atoms with van der Waals surface area (Å²) in [4.78, 5) is 20.7. The Balaban J connectivity index is 2.96. The summed E-state index contributed by atoms with van der Waals surface area (Å²) in [5.74, 6) is -1.18. The Hall–Kier alpha value is -1.63. The van der Waals surface area contributed by atoms with Crippen LogP contribution in [0.15, 0.2) is 6.07 Å². The van der Waals surface area contributed by atoms with E-state index in [1.165, 1.54) is 0 Å². The smallest absolute Gasteiger partial charge is 0.366 e. The number of hydrogen-bond donors (Lipinski definition) is 1. The summed E-state index contributed by atoms with van der Waals surface area (Å²) in [7, 11) is 0. The van der Waals surface area contributed by atoms with Crippen molar-refractivity contribution in [3.05, 3.63) is 21.1 Å². The zero-order chi connectivity index (χ0) is 10.7. The van der Waals surface area contributed by atoms with Gasteiger partial charge in [-0.3, -0.25) is 10.1 Å². The minimum absolute atomic E-state index is 0.0241. The summed E-state index contributed by atoms with van der Waals surface area (Å²) in [6.07, 6.45) is 0. The second-order valence-electron chi connectivity index (χ2n) is 2.28. The van der Waals surface area contributed by atoms with Crippen LogP contribution in [0.1, 0.15) is 16.6 Å². The van der Waals surface area contributed by atoms with Crippen molar-refractivity contribution < 1.29 is 19.6 Å². The quantitative estimate of drug-likeness (QED) is 0.471. The molecule has 7 heteroatoms. The van der Waals surface area contributed by atoms with Crippen LogP contribution in [0, 0.1) is 10.1 Å². The van der Waals surface area contributed by atoms with E-state index in [4.69, 9.17) is 5.11 Å². The number of esters is 1. The molecule has 14 heavy (non-hydrogen) atoms. The minimum atomic E-state index is -0.747. The fraction of sp³-hybridized carbons (Fsp3) is 0.286. The lowest BCUT2D eigenvalue weighted by Gasteiger charge is -1.95. The molecule has 0 aliphatic rings. The predicted molar refractivity (Wildman–Crippen MR) is 48.6 cm³/mol. The van der Waals surface area contributed by atoms with E-state index < -0.39 is 21.6 Å². The van der Waals surface area contributed by atoms with Crippen molar-refractivity contribution in [2.45, 2.75) is 6.92 Å². The van der Waals surface area contributed by atoms with Crippen molar-refractivity contribution in [2.75, 3.05) is 6.61 Å². The maximum absolute atomic E-state index is 11.1. The van der Waals surface area contributed by atoms with Gasteiger partial charge in [0.2, 0.25) is 5.75 Å². The van der Waals surface area contributed by atoms with Gasteiger partial charge in [-0.25, -0.2) is 4.79 Å². The molecule has 0 aliphatic heterocycles. The number of carbonyl (C=O) groups excluding carboxylic acids is 1. The molecule has 1 N–H and O–H groups in total. The zero-order valence-electron chi connectivity index (χ0n) is 7.22. The summed E-state index contributed by atoms with van der Waals surface area (Å²) < 4.78 is 4.61. The maximum atomic E-state index is 11.1. The van der Waals surface area contributed by atoms with Crippen LogP contribution < -0.4 is 0 Å². The van der Waals surface area contributed by atoms with Gasteiger partial charge in [-0.1, -0.05) is 11.3 Å². The maximum Gasteiger partial charge on any atom is 0.366 e. The number of aromatic hydroxyl groups is 1. The van der Waals surface area contributed by atoms with Gasteiger partial charge < -0.3 is 9.84 Å². The second kappa shape index (κ2) is 4.05. The molecular formula is C7H7NO5S. The standard InChI is InChI=1S/C7H7NO5S/c1-2-13-7(10)5-3-4(9)6(14-5)8(11)12/h3,9H,2H2,1H3. The zero-order valence-corrected chi connectivity index (χ0v) is 8.04. The highest BCUT2D eigenvalue weighted by atomic mass is 32.1. The number of thiophene rings is 1. The SMILES string of the molecule is CCOC(=O)c1cc(O)c([N+](=O)[O-])s1. The van der Waals surface area contributed by atoms with Gasteiger partial charge in [-0.15, -0.1) is 0 Å². The Morgan fingerprint density at radius 3 is 2.86 bits per heavy atom.